The molecule has 4 rings (SSSR count). The summed E-state index contributed by atoms with van der Waals surface area (Å²) in [5.41, 5.74) is 2.69. The van der Waals surface area contributed by atoms with E-state index in [1.54, 1.807) is 31.6 Å². The molecule has 0 bridgehead atoms. The van der Waals surface area contributed by atoms with E-state index in [2.05, 4.69) is 4.98 Å². The minimum atomic E-state index is -0.455. The molecule has 1 fully saturated rings. The number of pyridine rings is 1. The number of carbonyl (C=O) groups excluding carboxylic acids is 1. The minimum absolute atomic E-state index is 0.0799. The SMILES string of the molecule is COc1ccc(CO[C@@H](c2cccnc2)[C@@H](c2ccc(F)cc2)N2CCCC2=O)cc1. The molecule has 0 unspecified atom stereocenters. The van der Waals surface area contributed by atoms with Crippen LogP contribution in [0.3, 0.4) is 0 Å². The van der Waals surface area contributed by atoms with E-state index < -0.39 is 6.10 Å². The van der Waals surface area contributed by atoms with Gasteiger partial charge in [-0.3, -0.25) is 9.78 Å². The Balaban J connectivity index is 1.69. The molecule has 3 aromatic rings. The Morgan fingerprint density at radius 2 is 1.84 bits per heavy atom. The second-order valence-electron chi connectivity index (χ2n) is 7.55. The number of rotatable bonds is 8. The van der Waals surface area contributed by atoms with Gasteiger partial charge in [-0.25, -0.2) is 4.39 Å². The number of ether oxygens (including phenoxy) is 2. The molecule has 1 aromatic heterocycles. The normalized spacial score (nSPS) is 15.7. The van der Waals surface area contributed by atoms with E-state index >= 15 is 0 Å². The van der Waals surface area contributed by atoms with Gasteiger partial charge >= 0.3 is 0 Å². The Labute approximate surface area is 181 Å². The first-order valence-corrected chi connectivity index (χ1v) is 10.3. The number of benzene rings is 2. The summed E-state index contributed by atoms with van der Waals surface area (Å²) in [6.07, 6.45) is 4.32. The monoisotopic (exact) mass is 420 g/mol. The van der Waals surface area contributed by atoms with E-state index in [4.69, 9.17) is 9.47 Å². The fourth-order valence-corrected chi connectivity index (χ4v) is 3.96. The van der Waals surface area contributed by atoms with E-state index in [1.807, 2.05) is 41.3 Å². The molecular weight excluding hydrogens is 395 g/mol. The van der Waals surface area contributed by atoms with Crippen molar-refractivity contribution in [2.75, 3.05) is 13.7 Å². The standard InChI is InChI=1S/C25H25FN2O3/c1-30-22-12-6-18(7-13-22)17-31-25(20-4-2-14-27-16-20)24(28-15-3-5-23(28)29)19-8-10-21(26)11-9-19/h2,4,6-14,16,24-25H,3,5,15,17H2,1H3/t24-,25+/m1/s1. The van der Waals surface area contributed by atoms with E-state index in [1.165, 1.54) is 12.1 Å². The maximum absolute atomic E-state index is 13.6. The lowest BCUT2D eigenvalue weighted by Gasteiger charge is -2.35. The number of nitrogens with zero attached hydrogens (tertiary/aromatic N) is 2. The lowest BCUT2D eigenvalue weighted by molar-refractivity contribution is -0.134. The third kappa shape index (κ3) is 4.91. The summed E-state index contributed by atoms with van der Waals surface area (Å²) in [5, 5.41) is 0. The van der Waals surface area contributed by atoms with Crippen molar-refractivity contribution in [3.63, 3.8) is 0 Å². The van der Waals surface area contributed by atoms with E-state index in [9.17, 15) is 9.18 Å². The summed E-state index contributed by atoms with van der Waals surface area (Å²) in [5.74, 6) is 0.544. The van der Waals surface area contributed by atoms with Gasteiger partial charge in [-0.15, -0.1) is 0 Å². The van der Waals surface area contributed by atoms with Crippen molar-refractivity contribution < 1.29 is 18.7 Å². The molecule has 1 aliphatic heterocycles. The van der Waals surface area contributed by atoms with Gasteiger partial charge in [0, 0.05) is 30.9 Å². The summed E-state index contributed by atoms with van der Waals surface area (Å²) in [6, 6.07) is 17.4. The van der Waals surface area contributed by atoms with E-state index in [0.717, 1.165) is 28.9 Å². The smallest absolute Gasteiger partial charge is 0.223 e. The molecule has 2 atom stereocenters. The van der Waals surface area contributed by atoms with Crippen molar-refractivity contribution in [1.29, 1.82) is 0 Å². The van der Waals surface area contributed by atoms with Gasteiger partial charge in [-0.2, -0.15) is 0 Å². The van der Waals surface area contributed by atoms with Crippen LogP contribution < -0.4 is 4.74 Å². The fourth-order valence-electron chi connectivity index (χ4n) is 3.96. The van der Waals surface area contributed by atoms with E-state index in [0.29, 0.717) is 19.6 Å². The third-order valence-corrected chi connectivity index (χ3v) is 5.55. The average molecular weight is 420 g/mol. The number of methoxy groups -OCH3 is 1. The lowest BCUT2D eigenvalue weighted by Crippen LogP contribution is -2.35. The number of hydrogen-bond acceptors (Lipinski definition) is 4. The Morgan fingerprint density at radius 3 is 2.45 bits per heavy atom. The van der Waals surface area contributed by atoms with Gasteiger partial charge in [-0.05, 0) is 47.9 Å². The van der Waals surface area contributed by atoms with Gasteiger partial charge in [-0.1, -0.05) is 30.3 Å². The molecule has 6 heteroatoms. The summed E-state index contributed by atoms with van der Waals surface area (Å²) in [7, 11) is 1.63. The molecular formula is C25H25FN2O3. The van der Waals surface area contributed by atoms with Crippen LogP contribution in [0, 0.1) is 5.82 Å². The topological polar surface area (TPSA) is 51.7 Å². The summed E-state index contributed by atoms with van der Waals surface area (Å²) in [4.78, 5) is 18.8. The summed E-state index contributed by atoms with van der Waals surface area (Å²) in [6.45, 7) is 0.993. The molecule has 160 valence electrons. The minimum Gasteiger partial charge on any atom is -0.497 e. The first-order chi connectivity index (χ1) is 15.2. The number of aromatic nitrogens is 1. The molecule has 0 radical (unpaired) electrons. The fraction of sp³-hybridized carbons (Fsp3) is 0.280. The highest BCUT2D eigenvalue weighted by atomic mass is 19.1. The first-order valence-electron chi connectivity index (χ1n) is 10.3. The molecule has 2 heterocycles. The van der Waals surface area contributed by atoms with Gasteiger partial charge < -0.3 is 14.4 Å². The third-order valence-electron chi connectivity index (χ3n) is 5.55. The molecule has 1 saturated heterocycles. The average Bonchev–Trinajstić information content (AvgIpc) is 3.23. The van der Waals surface area contributed by atoms with Crippen molar-refractivity contribution in [3.8, 4) is 5.75 Å². The molecule has 2 aromatic carbocycles. The quantitative estimate of drug-likeness (QED) is 0.523. The van der Waals surface area contributed by atoms with Crippen molar-refractivity contribution in [2.24, 2.45) is 0 Å². The van der Waals surface area contributed by atoms with Crippen LogP contribution in [0.2, 0.25) is 0 Å². The second-order valence-corrected chi connectivity index (χ2v) is 7.55. The van der Waals surface area contributed by atoms with Crippen LogP contribution in [-0.4, -0.2) is 29.4 Å². The number of likely N-dealkylation sites (tertiary alicyclic amines) is 1. The van der Waals surface area contributed by atoms with Gasteiger partial charge in [0.2, 0.25) is 5.91 Å². The molecule has 0 N–H and O–H groups in total. The number of carbonyl (C=O) groups is 1. The molecule has 31 heavy (non-hydrogen) atoms. The Morgan fingerprint density at radius 1 is 1.06 bits per heavy atom. The van der Waals surface area contributed by atoms with Gasteiger partial charge in [0.15, 0.2) is 0 Å². The van der Waals surface area contributed by atoms with Crippen LogP contribution in [0.4, 0.5) is 4.39 Å². The zero-order valence-electron chi connectivity index (χ0n) is 17.4. The molecule has 5 nitrogen and oxygen atoms in total. The predicted octanol–water partition coefficient (Wildman–Crippen LogP) is 4.85. The zero-order valence-corrected chi connectivity index (χ0v) is 17.4. The predicted molar refractivity (Wildman–Crippen MR) is 115 cm³/mol. The Hall–Kier alpha value is -3.25. The van der Waals surface area contributed by atoms with Crippen LogP contribution >= 0.6 is 0 Å². The lowest BCUT2D eigenvalue weighted by atomic mass is 9.95. The number of hydrogen-bond donors (Lipinski definition) is 0. The highest BCUT2D eigenvalue weighted by molar-refractivity contribution is 5.78. The van der Waals surface area contributed by atoms with Crippen LogP contribution in [0.1, 0.15) is 41.7 Å². The molecule has 1 amide bonds. The summed E-state index contributed by atoms with van der Waals surface area (Å²) >= 11 is 0. The maximum Gasteiger partial charge on any atom is 0.223 e. The molecule has 0 spiro atoms. The highest BCUT2D eigenvalue weighted by Gasteiger charge is 2.36. The van der Waals surface area contributed by atoms with Crippen LogP contribution in [0.5, 0.6) is 5.75 Å². The zero-order chi connectivity index (χ0) is 21.6. The molecule has 1 aliphatic rings. The highest BCUT2D eigenvalue weighted by Crippen LogP contribution is 2.39. The van der Waals surface area contributed by atoms with Crippen LogP contribution in [-0.2, 0) is 16.1 Å². The number of halogens is 1. The van der Waals surface area contributed by atoms with Crippen LogP contribution in [0.25, 0.3) is 0 Å². The van der Waals surface area contributed by atoms with Gasteiger partial charge in [0.1, 0.15) is 17.7 Å². The largest absolute Gasteiger partial charge is 0.497 e. The first kappa shape index (κ1) is 21.0. The van der Waals surface area contributed by atoms with Crippen molar-refractivity contribution in [3.05, 3.63) is 95.6 Å². The maximum atomic E-state index is 13.6. The Bertz CT molecular complexity index is 994. The van der Waals surface area contributed by atoms with Crippen molar-refractivity contribution >= 4 is 5.91 Å². The van der Waals surface area contributed by atoms with Crippen LogP contribution in [0.15, 0.2) is 73.1 Å². The van der Waals surface area contributed by atoms with Crippen molar-refractivity contribution in [1.82, 2.24) is 9.88 Å². The summed E-state index contributed by atoms with van der Waals surface area (Å²) < 4.78 is 25.3. The van der Waals surface area contributed by atoms with Crippen molar-refractivity contribution in [2.45, 2.75) is 31.6 Å². The molecule has 0 saturated carbocycles. The Kier molecular flexibility index (Phi) is 6.57. The van der Waals surface area contributed by atoms with E-state index in [-0.39, 0.29) is 17.8 Å². The van der Waals surface area contributed by atoms with Gasteiger partial charge in [0.25, 0.3) is 0 Å². The number of amides is 1. The van der Waals surface area contributed by atoms with Gasteiger partial charge in [0.05, 0.1) is 19.8 Å². The molecule has 0 aliphatic carbocycles. The second kappa shape index (κ2) is 9.71.